The second kappa shape index (κ2) is 16.2. The molecule has 0 aromatic heterocycles. The van der Waals surface area contributed by atoms with E-state index in [-0.39, 0.29) is 36.0 Å². The summed E-state index contributed by atoms with van der Waals surface area (Å²) in [6.45, 7) is 1.90. The molecule has 0 radical (unpaired) electrons. The highest BCUT2D eigenvalue weighted by atomic mass is 32.2. The molecule has 42 heavy (non-hydrogen) atoms. The Hall–Kier alpha value is -2.70. The van der Waals surface area contributed by atoms with Crippen molar-refractivity contribution >= 4 is 31.8 Å². The van der Waals surface area contributed by atoms with E-state index < -0.39 is 32.6 Å². The quantitative estimate of drug-likeness (QED) is 0.100. The number of rotatable bonds is 19. The van der Waals surface area contributed by atoms with Gasteiger partial charge in [-0.25, -0.2) is 9.44 Å². The van der Waals surface area contributed by atoms with E-state index in [4.69, 9.17) is 0 Å². The number of aliphatic hydroxyl groups excluding tert-OH is 2. The Morgan fingerprint density at radius 1 is 0.667 bits per heavy atom. The van der Waals surface area contributed by atoms with Crippen LogP contribution in [0.5, 0.6) is 11.5 Å². The topological polar surface area (TPSA) is 204 Å². The van der Waals surface area contributed by atoms with Gasteiger partial charge in [0.1, 0.15) is 11.5 Å². The van der Waals surface area contributed by atoms with Gasteiger partial charge >= 0.3 is 20.4 Å². The number of anilines is 2. The molecular weight excluding hydrogens is 588 g/mol. The largest absolute Gasteiger partial charge is 0.506 e. The van der Waals surface area contributed by atoms with Crippen LogP contribution in [0.3, 0.4) is 0 Å². The fraction of sp³-hybridized carbons (Fsp3) is 0.538. The van der Waals surface area contributed by atoms with Gasteiger partial charge in [0.2, 0.25) is 0 Å². The predicted molar refractivity (Wildman–Crippen MR) is 163 cm³/mol. The van der Waals surface area contributed by atoms with E-state index in [0.717, 1.165) is 34.3 Å². The highest BCUT2D eigenvalue weighted by Crippen LogP contribution is 2.32. The summed E-state index contributed by atoms with van der Waals surface area (Å²) in [5.41, 5.74) is 1.06. The van der Waals surface area contributed by atoms with Crippen LogP contribution >= 0.6 is 0 Å². The molecule has 0 saturated heterocycles. The molecule has 0 aliphatic heterocycles. The number of hydrogen-bond donors (Lipinski definition) is 8. The fourth-order valence-electron chi connectivity index (χ4n) is 4.10. The molecule has 0 spiro atoms. The second-order valence-electron chi connectivity index (χ2n) is 9.70. The molecule has 238 valence electrons. The van der Waals surface area contributed by atoms with E-state index in [2.05, 4.69) is 20.1 Å². The van der Waals surface area contributed by atoms with Crippen molar-refractivity contribution < 1.29 is 37.3 Å². The van der Waals surface area contributed by atoms with Gasteiger partial charge in [0.15, 0.2) is 0 Å². The van der Waals surface area contributed by atoms with Gasteiger partial charge in [-0.2, -0.15) is 16.8 Å². The van der Waals surface area contributed by atoms with E-state index >= 15 is 0 Å². The third-order valence-corrected chi connectivity index (χ3v) is 9.68. The van der Waals surface area contributed by atoms with Crippen molar-refractivity contribution in [1.82, 2.24) is 20.1 Å². The summed E-state index contributed by atoms with van der Waals surface area (Å²) in [6.07, 6.45) is 1.91. The first-order chi connectivity index (χ1) is 19.7. The molecule has 2 rings (SSSR count). The van der Waals surface area contributed by atoms with Gasteiger partial charge in [-0.05, 0) is 61.3 Å². The lowest BCUT2D eigenvalue weighted by Crippen LogP contribution is -2.36. The Labute approximate surface area is 248 Å². The maximum Gasteiger partial charge on any atom is 0.301 e. The minimum Gasteiger partial charge on any atom is -0.506 e. The zero-order valence-corrected chi connectivity index (χ0v) is 26.0. The number of aromatic hydroxyl groups is 2. The maximum atomic E-state index is 12.0. The van der Waals surface area contributed by atoms with Crippen LogP contribution in [-0.2, 0) is 20.4 Å². The minimum atomic E-state index is -3.80. The molecule has 0 saturated carbocycles. The van der Waals surface area contributed by atoms with Crippen molar-refractivity contribution in [3.05, 3.63) is 47.5 Å². The van der Waals surface area contributed by atoms with Crippen LogP contribution in [0.1, 0.15) is 49.0 Å². The fourth-order valence-corrected chi connectivity index (χ4v) is 5.46. The third kappa shape index (κ3) is 9.95. The zero-order valence-electron chi connectivity index (χ0n) is 24.4. The summed E-state index contributed by atoms with van der Waals surface area (Å²) < 4.78 is 54.3. The standard InChI is InChI=1S/C26H44N6O8S2/c1-27-41(37,38)31(3)21-15-19(9-11-23(21)33)25(35)17-29-13-7-5-6-8-14-30-18-26(36)20-10-12-24(34)22(16-20)32(4)42(39,40)28-2/h9-12,15-16,25-30,33-36H,5-8,13-14,17-18H2,1-4H3. The van der Waals surface area contributed by atoms with Crippen molar-refractivity contribution in [3.8, 4) is 11.5 Å². The van der Waals surface area contributed by atoms with Gasteiger partial charge in [-0.3, -0.25) is 8.61 Å². The van der Waals surface area contributed by atoms with Crippen molar-refractivity contribution in [2.24, 2.45) is 0 Å². The minimum absolute atomic E-state index is 0.0578. The number of benzene rings is 2. The SMILES string of the molecule is CNS(=O)(=O)N(C)c1cc(C(O)CNCCCCCCNCC(O)c2ccc(O)c(N(C)S(=O)(=O)NC)c2)ccc1O. The molecule has 2 aromatic rings. The lowest BCUT2D eigenvalue weighted by atomic mass is 10.1. The normalized spacial score (nSPS) is 13.6. The summed E-state index contributed by atoms with van der Waals surface area (Å²) >= 11 is 0. The molecule has 0 aliphatic rings. The highest BCUT2D eigenvalue weighted by molar-refractivity contribution is 7.91. The smallest absolute Gasteiger partial charge is 0.301 e. The average molecular weight is 633 g/mol. The summed E-state index contributed by atoms with van der Waals surface area (Å²) in [5, 5.41) is 47.5. The third-order valence-electron chi connectivity index (χ3n) is 6.82. The number of phenols is 2. The monoisotopic (exact) mass is 632 g/mol. The molecule has 8 N–H and O–H groups in total. The van der Waals surface area contributed by atoms with Gasteiger partial charge in [-0.15, -0.1) is 0 Å². The van der Waals surface area contributed by atoms with E-state index in [9.17, 15) is 37.3 Å². The molecule has 0 fully saturated rings. The Morgan fingerprint density at radius 2 is 1.02 bits per heavy atom. The first kappa shape index (κ1) is 35.5. The molecule has 14 nitrogen and oxygen atoms in total. The van der Waals surface area contributed by atoms with E-state index in [1.165, 1.54) is 52.5 Å². The molecule has 16 heteroatoms. The second-order valence-corrected chi connectivity index (χ2v) is 13.5. The van der Waals surface area contributed by atoms with Crippen LogP contribution in [0.4, 0.5) is 11.4 Å². The Kier molecular flexibility index (Phi) is 13.7. The number of unbranched alkanes of at least 4 members (excludes halogenated alkanes) is 3. The molecule has 0 aliphatic carbocycles. The summed E-state index contributed by atoms with van der Waals surface area (Å²) in [7, 11) is -2.45. The van der Waals surface area contributed by atoms with E-state index in [0.29, 0.717) is 24.2 Å². The summed E-state index contributed by atoms with van der Waals surface area (Å²) in [6, 6.07) is 8.66. The lowest BCUT2D eigenvalue weighted by molar-refractivity contribution is 0.174. The predicted octanol–water partition coefficient (Wildman–Crippen LogP) is 0.405. The van der Waals surface area contributed by atoms with Gasteiger partial charge < -0.3 is 31.1 Å². The number of phenolic OH excluding ortho intramolecular Hbond substituents is 2. The zero-order chi connectivity index (χ0) is 31.5. The molecule has 2 aromatic carbocycles. The van der Waals surface area contributed by atoms with Crippen LogP contribution in [0.15, 0.2) is 36.4 Å². The highest BCUT2D eigenvalue weighted by Gasteiger charge is 2.22. The number of hydrogen-bond acceptors (Lipinski definition) is 10. The molecule has 2 atom stereocenters. The molecule has 0 bridgehead atoms. The van der Waals surface area contributed by atoms with Crippen LogP contribution < -0.4 is 28.7 Å². The summed E-state index contributed by atoms with van der Waals surface area (Å²) in [5.74, 6) is -0.436. The molecule has 0 amide bonds. The first-order valence-corrected chi connectivity index (χ1v) is 16.4. The van der Waals surface area contributed by atoms with Crippen molar-refractivity contribution in [2.75, 3.05) is 63.0 Å². The average Bonchev–Trinajstić information content (AvgIpc) is 2.97. The molecule has 2 unspecified atom stereocenters. The van der Waals surface area contributed by atoms with E-state index in [1.54, 1.807) is 12.1 Å². The van der Waals surface area contributed by atoms with E-state index in [1.807, 2.05) is 0 Å². The Morgan fingerprint density at radius 3 is 1.36 bits per heavy atom. The summed E-state index contributed by atoms with van der Waals surface area (Å²) in [4.78, 5) is 0. The Bertz CT molecular complexity index is 1260. The first-order valence-electron chi connectivity index (χ1n) is 13.5. The number of aliphatic hydroxyl groups is 2. The van der Waals surface area contributed by atoms with Gasteiger partial charge in [0.05, 0.1) is 23.6 Å². The molecule has 0 heterocycles. The van der Waals surface area contributed by atoms with Crippen molar-refractivity contribution in [1.29, 1.82) is 0 Å². The van der Waals surface area contributed by atoms with Gasteiger partial charge in [0, 0.05) is 41.3 Å². The van der Waals surface area contributed by atoms with Gasteiger partial charge in [-0.1, -0.05) is 25.0 Å². The number of nitrogens with zero attached hydrogens (tertiary/aromatic N) is 2. The molecular formula is C26H44N6O8S2. The lowest BCUT2D eigenvalue weighted by Gasteiger charge is -2.21. The van der Waals surface area contributed by atoms with Crippen LogP contribution in [0.2, 0.25) is 0 Å². The Balaban J connectivity index is 1.67. The maximum absolute atomic E-state index is 12.0. The van der Waals surface area contributed by atoms with Crippen LogP contribution in [-0.4, -0.2) is 91.6 Å². The van der Waals surface area contributed by atoms with Crippen LogP contribution in [0.25, 0.3) is 0 Å². The van der Waals surface area contributed by atoms with Crippen molar-refractivity contribution in [2.45, 2.75) is 37.9 Å². The van der Waals surface area contributed by atoms with Gasteiger partial charge in [0.25, 0.3) is 0 Å². The van der Waals surface area contributed by atoms with Crippen molar-refractivity contribution in [3.63, 3.8) is 0 Å². The number of nitrogens with one attached hydrogen (secondary N) is 4. The van der Waals surface area contributed by atoms with Crippen LogP contribution in [0, 0.1) is 0 Å².